The van der Waals surface area contributed by atoms with Gasteiger partial charge < -0.3 is 5.11 Å². The number of aryl methyl sites for hydroxylation is 2. The summed E-state index contributed by atoms with van der Waals surface area (Å²) in [5.41, 5.74) is 5.64. The molecule has 160 valence electrons. The van der Waals surface area contributed by atoms with Crippen LogP contribution in [0.25, 0.3) is 11.1 Å². The van der Waals surface area contributed by atoms with E-state index < -0.39 is 0 Å². The number of hydrogen-bond acceptors (Lipinski definition) is 1. The summed E-state index contributed by atoms with van der Waals surface area (Å²) in [6, 6.07) is 14.7. The average molecular weight is 395 g/mol. The van der Waals surface area contributed by atoms with Gasteiger partial charge in [-0.05, 0) is 60.1 Å². The largest absolute Gasteiger partial charge is 0.508 e. The van der Waals surface area contributed by atoms with Crippen LogP contribution in [0.15, 0.2) is 42.5 Å². The number of rotatable bonds is 15. The molecule has 0 radical (unpaired) electrons. The van der Waals surface area contributed by atoms with Gasteiger partial charge in [0.25, 0.3) is 0 Å². The molecule has 0 aliphatic rings. The number of phenolic OH excluding ortho intramolecular Hbond substituents is 1. The molecule has 0 fully saturated rings. The minimum Gasteiger partial charge on any atom is -0.508 e. The Balaban J connectivity index is 2.05. The van der Waals surface area contributed by atoms with Crippen LogP contribution in [-0.4, -0.2) is 5.11 Å². The maximum absolute atomic E-state index is 9.73. The second-order valence-corrected chi connectivity index (χ2v) is 8.53. The van der Waals surface area contributed by atoms with Gasteiger partial charge in [-0.25, -0.2) is 0 Å². The molecule has 0 atom stereocenters. The van der Waals surface area contributed by atoms with E-state index >= 15 is 0 Å². The van der Waals surface area contributed by atoms with Gasteiger partial charge in [-0.1, -0.05) is 108 Å². The fourth-order valence-electron chi connectivity index (χ4n) is 4.26. The third-order valence-electron chi connectivity index (χ3n) is 5.99. The molecule has 1 N–H and O–H groups in total. The molecule has 0 aliphatic heterocycles. The molecule has 0 amide bonds. The zero-order valence-electron chi connectivity index (χ0n) is 18.9. The van der Waals surface area contributed by atoms with Crippen LogP contribution < -0.4 is 0 Å². The fourth-order valence-corrected chi connectivity index (χ4v) is 4.26. The number of hydrogen-bond donors (Lipinski definition) is 1. The van der Waals surface area contributed by atoms with Gasteiger partial charge in [0.1, 0.15) is 5.75 Å². The number of benzene rings is 2. The molecule has 0 bridgehead atoms. The Morgan fingerprint density at radius 2 is 1.00 bits per heavy atom. The molecule has 2 aromatic carbocycles. The zero-order valence-corrected chi connectivity index (χ0v) is 18.9. The maximum atomic E-state index is 9.73. The molecular weight excluding hydrogens is 352 g/mol. The fraction of sp³-hybridized carbons (Fsp3) is 0.571. The van der Waals surface area contributed by atoms with E-state index in [1.807, 2.05) is 12.1 Å². The minimum atomic E-state index is 0.347. The summed E-state index contributed by atoms with van der Waals surface area (Å²) in [5, 5.41) is 9.73. The molecule has 0 heterocycles. The van der Waals surface area contributed by atoms with Crippen molar-refractivity contribution in [3.63, 3.8) is 0 Å². The van der Waals surface area contributed by atoms with Crippen LogP contribution in [0.5, 0.6) is 5.75 Å². The van der Waals surface area contributed by atoms with Crippen LogP contribution in [0.3, 0.4) is 0 Å². The van der Waals surface area contributed by atoms with Crippen molar-refractivity contribution in [2.45, 2.75) is 104 Å². The van der Waals surface area contributed by atoms with Crippen molar-refractivity contribution in [3.8, 4) is 16.9 Å². The van der Waals surface area contributed by atoms with E-state index in [0.29, 0.717) is 5.75 Å². The second kappa shape index (κ2) is 14.3. The molecule has 0 saturated carbocycles. The molecule has 2 aromatic rings. The minimum absolute atomic E-state index is 0.347. The highest BCUT2D eigenvalue weighted by molar-refractivity contribution is 5.71. The highest BCUT2D eigenvalue weighted by Gasteiger charge is 2.11. The van der Waals surface area contributed by atoms with Crippen LogP contribution in [0.4, 0.5) is 0 Å². The summed E-state index contributed by atoms with van der Waals surface area (Å²) in [7, 11) is 0. The molecule has 29 heavy (non-hydrogen) atoms. The summed E-state index contributed by atoms with van der Waals surface area (Å²) in [6.45, 7) is 4.55. The quantitative estimate of drug-likeness (QED) is 0.299. The lowest BCUT2D eigenvalue weighted by atomic mass is 9.89. The maximum Gasteiger partial charge on any atom is 0.115 e. The second-order valence-electron chi connectivity index (χ2n) is 8.53. The Morgan fingerprint density at radius 3 is 1.48 bits per heavy atom. The van der Waals surface area contributed by atoms with E-state index in [-0.39, 0.29) is 0 Å². The summed E-state index contributed by atoms with van der Waals surface area (Å²) in [6.07, 6.45) is 18.4. The van der Waals surface area contributed by atoms with Gasteiger partial charge in [0.05, 0.1) is 0 Å². The van der Waals surface area contributed by atoms with Gasteiger partial charge in [0.2, 0.25) is 0 Å². The normalized spacial score (nSPS) is 11.1. The van der Waals surface area contributed by atoms with Gasteiger partial charge >= 0.3 is 0 Å². The van der Waals surface area contributed by atoms with Gasteiger partial charge in [-0.15, -0.1) is 0 Å². The van der Waals surface area contributed by atoms with E-state index in [1.54, 1.807) is 0 Å². The predicted molar refractivity (Wildman–Crippen MR) is 128 cm³/mol. The van der Waals surface area contributed by atoms with E-state index in [4.69, 9.17) is 0 Å². The van der Waals surface area contributed by atoms with Crippen molar-refractivity contribution in [1.29, 1.82) is 0 Å². The SMILES string of the molecule is CCCCCCCCc1cccc(CCCCCCCC)c1-c1ccc(O)cc1. The van der Waals surface area contributed by atoms with Crippen molar-refractivity contribution >= 4 is 0 Å². The van der Waals surface area contributed by atoms with Crippen molar-refractivity contribution in [2.24, 2.45) is 0 Å². The van der Waals surface area contributed by atoms with Gasteiger partial charge in [-0.2, -0.15) is 0 Å². The summed E-state index contributed by atoms with van der Waals surface area (Å²) >= 11 is 0. The Kier molecular flexibility index (Phi) is 11.6. The van der Waals surface area contributed by atoms with Crippen molar-refractivity contribution in [1.82, 2.24) is 0 Å². The number of unbranched alkanes of at least 4 members (excludes halogenated alkanes) is 10. The summed E-state index contributed by atoms with van der Waals surface area (Å²) < 4.78 is 0. The van der Waals surface area contributed by atoms with E-state index in [1.165, 1.54) is 99.3 Å². The molecule has 0 aliphatic carbocycles. The topological polar surface area (TPSA) is 20.2 Å². The Labute approximate surface area is 179 Å². The monoisotopic (exact) mass is 394 g/mol. The van der Waals surface area contributed by atoms with E-state index in [2.05, 4.69) is 44.2 Å². The standard InChI is InChI=1S/C28H42O/c1-3-5-7-9-11-13-16-24-18-15-19-25(17-14-12-10-8-6-4-2)28(24)26-20-22-27(29)23-21-26/h15,18-23,29H,3-14,16-17H2,1-2H3. The van der Waals surface area contributed by atoms with Crippen LogP contribution >= 0.6 is 0 Å². The molecule has 2 rings (SSSR count). The van der Waals surface area contributed by atoms with E-state index in [0.717, 1.165) is 12.8 Å². The van der Waals surface area contributed by atoms with Gasteiger partial charge in [0.15, 0.2) is 0 Å². The number of phenols is 1. The molecule has 1 nitrogen and oxygen atoms in total. The molecule has 1 heteroatoms. The van der Waals surface area contributed by atoms with Crippen LogP contribution in [0.2, 0.25) is 0 Å². The Bertz CT molecular complexity index is 637. The first-order chi connectivity index (χ1) is 14.3. The van der Waals surface area contributed by atoms with Crippen molar-refractivity contribution < 1.29 is 5.11 Å². The summed E-state index contributed by atoms with van der Waals surface area (Å²) in [5.74, 6) is 0.347. The van der Waals surface area contributed by atoms with Crippen molar-refractivity contribution in [3.05, 3.63) is 53.6 Å². The first-order valence-electron chi connectivity index (χ1n) is 12.2. The lowest BCUT2D eigenvalue weighted by Gasteiger charge is -2.16. The molecule has 0 saturated heterocycles. The summed E-state index contributed by atoms with van der Waals surface area (Å²) in [4.78, 5) is 0. The Morgan fingerprint density at radius 1 is 0.552 bits per heavy atom. The Hall–Kier alpha value is -1.76. The molecule has 0 spiro atoms. The highest BCUT2D eigenvalue weighted by atomic mass is 16.3. The average Bonchev–Trinajstić information content (AvgIpc) is 2.74. The molecule has 0 unspecified atom stereocenters. The van der Waals surface area contributed by atoms with Gasteiger partial charge in [0, 0.05) is 0 Å². The van der Waals surface area contributed by atoms with Crippen molar-refractivity contribution in [2.75, 3.05) is 0 Å². The van der Waals surface area contributed by atoms with Crippen LogP contribution in [0, 0.1) is 0 Å². The smallest absolute Gasteiger partial charge is 0.115 e. The highest BCUT2D eigenvalue weighted by Crippen LogP contribution is 2.31. The first-order valence-corrected chi connectivity index (χ1v) is 12.2. The van der Waals surface area contributed by atoms with Crippen LogP contribution in [0.1, 0.15) is 102 Å². The van der Waals surface area contributed by atoms with E-state index in [9.17, 15) is 5.11 Å². The first kappa shape index (κ1) is 23.5. The molecule has 0 aromatic heterocycles. The lowest BCUT2D eigenvalue weighted by Crippen LogP contribution is -1.98. The zero-order chi connectivity index (χ0) is 20.7. The third kappa shape index (κ3) is 8.64. The van der Waals surface area contributed by atoms with Gasteiger partial charge in [-0.3, -0.25) is 0 Å². The lowest BCUT2D eigenvalue weighted by molar-refractivity contribution is 0.475. The van der Waals surface area contributed by atoms with Crippen LogP contribution in [-0.2, 0) is 12.8 Å². The predicted octanol–water partition coefficient (Wildman–Crippen LogP) is 8.87. The third-order valence-corrected chi connectivity index (χ3v) is 5.99. The molecular formula is C28H42O. The number of aromatic hydroxyl groups is 1.